The van der Waals surface area contributed by atoms with Gasteiger partial charge in [-0.05, 0) is 26.7 Å². The van der Waals surface area contributed by atoms with E-state index in [4.69, 9.17) is 4.52 Å². The van der Waals surface area contributed by atoms with Crippen molar-refractivity contribution in [3.05, 3.63) is 17.0 Å². The molecule has 13 heavy (non-hydrogen) atoms. The van der Waals surface area contributed by atoms with Gasteiger partial charge in [0.25, 0.3) is 0 Å². The van der Waals surface area contributed by atoms with Gasteiger partial charge in [0.1, 0.15) is 5.54 Å². The summed E-state index contributed by atoms with van der Waals surface area (Å²) < 4.78 is 5.15. The van der Waals surface area contributed by atoms with Crippen LogP contribution in [0.2, 0.25) is 0 Å². The number of hydrogen-bond acceptors (Lipinski definition) is 4. The summed E-state index contributed by atoms with van der Waals surface area (Å²) in [5.41, 5.74) is 1.44. The number of nitrogens with zero attached hydrogens (tertiary/aromatic N) is 2. The molecule has 0 amide bonds. The zero-order chi connectivity index (χ0) is 9.47. The van der Waals surface area contributed by atoms with E-state index in [-0.39, 0.29) is 0 Å². The molecular weight excluding hydrogens is 168 g/mol. The molecular formula is C9H10N2O2. The third-order valence-electron chi connectivity index (χ3n) is 2.56. The van der Waals surface area contributed by atoms with Gasteiger partial charge in [-0.3, -0.25) is 0 Å². The van der Waals surface area contributed by atoms with Crippen LogP contribution >= 0.6 is 0 Å². The second-order valence-electron chi connectivity index (χ2n) is 3.46. The van der Waals surface area contributed by atoms with Gasteiger partial charge in [-0.1, -0.05) is 5.16 Å². The zero-order valence-electron chi connectivity index (χ0n) is 7.63. The van der Waals surface area contributed by atoms with Crippen LogP contribution in [0.1, 0.15) is 29.9 Å². The van der Waals surface area contributed by atoms with E-state index < -0.39 is 5.54 Å². The first-order valence-corrected chi connectivity index (χ1v) is 4.22. The summed E-state index contributed by atoms with van der Waals surface area (Å²) in [7, 11) is 0. The summed E-state index contributed by atoms with van der Waals surface area (Å²) >= 11 is 0. The SMILES string of the molecule is Cc1noc(C2(N=C=O)CC2)c1C. The summed E-state index contributed by atoms with van der Waals surface area (Å²) in [6, 6.07) is 0. The molecule has 1 saturated carbocycles. The molecule has 2 rings (SSSR count). The van der Waals surface area contributed by atoms with Gasteiger partial charge in [-0.2, -0.15) is 4.99 Å². The van der Waals surface area contributed by atoms with Gasteiger partial charge < -0.3 is 4.52 Å². The Hall–Kier alpha value is -1.41. The van der Waals surface area contributed by atoms with Gasteiger partial charge in [-0.15, -0.1) is 0 Å². The standard InChI is InChI=1S/C9H10N2O2/c1-6-7(2)11-13-8(6)9(3-4-9)10-5-12/h3-4H2,1-2H3. The monoisotopic (exact) mass is 178 g/mol. The normalized spacial score (nSPS) is 18.0. The minimum Gasteiger partial charge on any atom is -0.358 e. The fourth-order valence-electron chi connectivity index (χ4n) is 1.44. The number of isocyanates is 1. The van der Waals surface area contributed by atoms with Gasteiger partial charge >= 0.3 is 0 Å². The molecule has 0 bridgehead atoms. The number of rotatable bonds is 2. The van der Waals surface area contributed by atoms with Crippen molar-refractivity contribution in [2.45, 2.75) is 32.2 Å². The van der Waals surface area contributed by atoms with Crippen molar-refractivity contribution in [1.29, 1.82) is 0 Å². The molecule has 1 aromatic rings. The second-order valence-corrected chi connectivity index (χ2v) is 3.46. The lowest BCUT2D eigenvalue weighted by atomic mass is 10.1. The van der Waals surface area contributed by atoms with Crippen molar-refractivity contribution in [2.24, 2.45) is 4.99 Å². The van der Waals surface area contributed by atoms with Crippen LogP contribution in [-0.4, -0.2) is 11.2 Å². The first kappa shape index (κ1) is 8.20. The summed E-state index contributed by atoms with van der Waals surface area (Å²) in [4.78, 5) is 14.0. The fourth-order valence-corrected chi connectivity index (χ4v) is 1.44. The lowest BCUT2D eigenvalue weighted by molar-refractivity contribution is 0.351. The maximum atomic E-state index is 10.2. The number of carbonyl (C=O) groups excluding carboxylic acids is 1. The molecule has 0 N–H and O–H groups in total. The predicted octanol–water partition coefficient (Wildman–Crippen LogP) is 1.62. The Morgan fingerprint density at radius 3 is 2.62 bits per heavy atom. The van der Waals surface area contributed by atoms with Gasteiger partial charge in [0.15, 0.2) is 5.76 Å². The lowest BCUT2D eigenvalue weighted by Crippen LogP contribution is -2.02. The van der Waals surface area contributed by atoms with E-state index >= 15 is 0 Å². The average molecular weight is 178 g/mol. The summed E-state index contributed by atoms with van der Waals surface area (Å²) in [6.45, 7) is 3.81. The molecule has 0 atom stereocenters. The van der Waals surface area contributed by atoms with E-state index in [1.807, 2.05) is 13.8 Å². The molecule has 1 heterocycles. The highest BCUT2D eigenvalue weighted by molar-refractivity contribution is 5.40. The van der Waals surface area contributed by atoms with Crippen LogP contribution < -0.4 is 0 Å². The largest absolute Gasteiger partial charge is 0.358 e. The first-order chi connectivity index (χ1) is 6.19. The number of aryl methyl sites for hydroxylation is 1. The van der Waals surface area contributed by atoms with Crippen LogP contribution in [0.25, 0.3) is 0 Å². The van der Waals surface area contributed by atoms with E-state index in [2.05, 4.69) is 10.1 Å². The van der Waals surface area contributed by atoms with Gasteiger partial charge in [0.05, 0.1) is 5.69 Å². The summed E-state index contributed by atoms with van der Waals surface area (Å²) in [5.74, 6) is 0.730. The van der Waals surface area contributed by atoms with Crippen LogP contribution in [0, 0.1) is 13.8 Å². The third kappa shape index (κ3) is 1.11. The summed E-state index contributed by atoms with van der Waals surface area (Å²) in [5, 5.41) is 3.84. The van der Waals surface area contributed by atoms with Gasteiger partial charge in [-0.25, -0.2) is 4.79 Å². The zero-order valence-corrected chi connectivity index (χ0v) is 7.63. The van der Waals surface area contributed by atoms with Crippen molar-refractivity contribution in [2.75, 3.05) is 0 Å². The highest BCUT2D eigenvalue weighted by atomic mass is 16.5. The fraction of sp³-hybridized carbons (Fsp3) is 0.556. The van der Waals surface area contributed by atoms with E-state index in [0.29, 0.717) is 0 Å². The van der Waals surface area contributed by atoms with Crippen LogP contribution in [-0.2, 0) is 10.3 Å². The smallest absolute Gasteiger partial charge is 0.235 e. The molecule has 0 spiro atoms. The Morgan fingerprint density at radius 1 is 1.54 bits per heavy atom. The van der Waals surface area contributed by atoms with Gasteiger partial charge in [0.2, 0.25) is 6.08 Å². The molecule has 0 saturated heterocycles. The maximum absolute atomic E-state index is 10.2. The Kier molecular flexibility index (Phi) is 1.60. The van der Waals surface area contributed by atoms with Crippen molar-refractivity contribution < 1.29 is 9.32 Å². The van der Waals surface area contributed by atoms with E-state index in [0.717, 1.165) is 29.9 Å². The minimum atomic E-state index is -0.424. The van der Waals surface area contributed by atoms with Gasteiger partial charge in [0, 0.05) is 5.56 Å². The molecule has 1 aliphatic carbocycles. The molecule has 1 aromatic heterocycles. The first-order valence-electron chi connectivity index (χ1n) is 4.22. The number of hydrogen-bond donors (Lipinski definition) is 0. The van der Waals surface area contributed by atoms with Crippen LogP contribution in [0.3, 0.4) is 0 Å². The average Bonchev–Trinajstić information content (AvgIpc) is 2.79. The highest BCUT2D eigenvalue weighted by Crippen LogP contribution is 2.50. The van der Waals surface area contributed by atoms with E-state index in [1.165, 1.54) is 0 Å². The molecule has 1 aliphatic rings. The van der Waals surface area contributed by atoms with E-state index in [9.17, 15) is 4.79 Å². The Morgan fingerprint density at radius 2 is 2.23 bits per heavy atom. The summed E-state index contributed by atoms with van der Waals surface area (Å²) in [6.07, 6.45) is 3.31. The predicted molar refractivity (Wildman–Crippen MR) is 45.0 cm³/mol. The molecule has 68 valence electrons. The van der Waals surface area contributed by atoms with Crippen molar-refractivity contribution in [3.63, 3.8) is 0 Å². The van der Waals surface area contributed by atoms with E-state index in [1.54, 1.807) is 6.08 Å². The highest BCUT2D eigenvalue weighted by Gasteiger charge is 2.49. The number of aromatic nitrogens is 1. The van der Waals surface area contributed by atoms with Crippen molar-refractivity contribution in [1.82, 2.24) is 5.16 Å². The Balaban J connectivity index is 2.46. The molecule has 0 unspecified atom stereocenters. The Labute approximate surface area is 75.6 Å². The molecule has 0 radical (unpaired) electrons. The Bertz CT molecular complexity index is 384. The topological polar surface area (TPSA) is 55.5 Å². The quantitative estimate of drug-likeness (QED) is 0.510. The van der Waals surface area contributed by atoms with Crippen LogP contribution in [0.5, 0.6) is 0 Å². The minimum absolute atomic E-state index is 0.424. The molecule has 1 fully saturated rings. The number of aliphatic imine (C=N–C) groups is 1. The molecule has 4 nitrogen and oxygen atoms in total. The van der Waals surface area contributed by atoms with Crippen molar-refractivity contribution in [3.8, 4) is 0 Å². The van der Waals surface area contributed by atoms with Crippen LogP contribution in [0.15, 0.2) is 9.52 Å². The van der Waals surface area contributed by atoms with Crippen molar-refractivity contribution >= 4 is 6.08 Å². The third-order valence-corrected chi connectivity index (χ3v) is 2.56. The second kappa shape index (κ2) is 2.54. The maximum Gasteiger partial charge on any atom is 0.235 e. The van der Waals surface area contributed by atoms with Crippen LogP contribution in [0.4, 0.5) is 0 Å². The molecule has 0 aliphatic heterocycles. The molecule has 4 heteroatoms. The molecule has 0 aromatic carbocycles. The lowest BCUT2D eigenvalue weighted by Gasteiger charge is -2.02.